The zero-order valence-corrected chi connectivity index (χ0v) is 16.6. The minimum absolute atomic E-state index is 0.0544. The molecule has 0 heterocycles. The highest BCUT2D eigenvalue weighted by Gasteiger charge is 2.08. The van der Waals surface area contributed by atoms with Crippen molar-refractivity contribution in [3.05, 3.63) is 59.7 Å². The van der Waals surface area contributed by atoms with Gasteiger partial charge in [0.25, 0.3) is 0 Å². The molecule has 0 bridgehead atoms. The maximum atomic E-state index is 12.2. The lowest BCUT2D eigenvalue weighted by Gasteiger charge is -2.19. The van der Waals surface area contributed by atoms with Gasteiger partial charge >= 0.3 is 0 Å². The highest BCUT2D eigenvalue weighted by atomic mass is 16.2. The Morgan fingerprint density at radius 3 is 2.33 bits per heavy atom. The summed E-state index contributed by atoms with van der Waals surface area (Å²) in [6.45, 7) is 9.23. The molecule has 0 radical (unpaired) electrons. The standard InChI is InChI=1S/C22H29N3O2/c1-5-25(17(4)26)15-18-7-6-8-21(13-18)23-14-22(27)24-20-11-9-19(10-12-20)16(2)3/h6-13,16,23H,5,14-15H2,1-4H3,(H,24,27). The number of carbonyl (C=O) groups excluding carboxylic acids is 2. The highest BCUT2D eigenvalue weighted by Crippen LogP contribution is 2.17. The average molecular weight is 367 g/mol. The molecule has 0 fully saturated rings. The molecule has 5 heteroatoms. The van der Waals surface area contributed by atoms with E-state index in [0.717, 1.165) is 16.9 Å². The van der Waals surface area contributed by atoms with Crippen LogP contribution in [0.15, 0.2) is 48.5 Å². The normalized spacial score (nSPS) is 10.6. The van der Waals surface area contributed by atoms with E-state index in [-0.39, 0.29) is 18.4 Å². The number of hydrogen-bond acceptors (Lipinski definition) is 3. The fraction of sp³-hybridized carbons (Fsp3) is 0.364. The molecule has 27 heavy (non-hydrogen) atoms. The highest BCUT2D eigenvalue weighted by molar-refractivity contribution is 5.93. The zero-order chi connectivity index (χ0) is 19.8. The molecule has 0 aliphatic heterocycles. The molecule has 0 saturated carbocycles. The maximum absolute atomic E-state index is 12.2. The van der Waals surface area contributed by atoms with Gasteiger partial charge in [0.05, 0.1) is 6.54 Å². The second kappa shape index (κ2) is 9.76. The van der Waals surface area contributed by atoms with E-state index in [0.29, 0.717) is 19.0 Å². The number of amides is 2. The summed E-state index contributed by atoms with van der Waals surface area (Å²) in [5.41, 5.74) is 3.92. The second-order valence-electron chi connectivity index (χ2n) is 6.91. The quantitative estimate of drug-likeness (QED) is 0.734. The number of benzene rings is 2. The summed E-state index contributed by atoms with van der Waals surface area (Å²) in [4.78, 5) is 25.5. The van der Waals surface area contributed by atoms with Gasteiger partial charge in [-0.1, -0.05) is 38.1 Å². The molecule has 0 aliphatic carbocycles. The molecule has 144 valence electrons. The van der Waals surface area contributed by atoms with Crippen molar-refractivity contribution < 1.29 is 9.59 Å². The third-order valence-electron chi connectivity index (χ3n) is 4.44. The van der Waals surface area contributed by atoms with Crippen LogP contribution >= 0.6 is 0 Å². The topological polar surface area (TPSA) is 61.4 Å². The number of rotatable bonds is 8. The molecule has 2 rings (SSSR count). The number of hydrogen-bond donors (Lipinski definition) is 2. The molecule has 0 spiro atoms. The first-order chi connectivity index (χ1) is 12.9. The molecule has 2 aromatic rings. The van der Waals surface area contributed by atoms with E-state index in [1.165, 1.54) is 5.56 Å². The van der Waals surface area contributed by atoms with Crippen LogP contribution in [0.4, 0.5) is 11.4 Å². The van der Waals surface area contributed by atoms with Crippen molar-refractivity contribution in [2.75, 3.05) is 23.7 Å². The lowest BCUT2D eigenvalue weighted by Crippen LogP contribution is -2.27. The van der Waals surface area contributed by atoms with Gasteiger partial charge in [0, 0.05) is 31.4 Å². The largest absolute Gasteiger partial charge is 0.376 e. The smallest absolute Gasteiger partial charge is 0.243 e. The van der Waals surface area contributed by atoms with E-state index < -0.39 is 0 Å². The summed E-state index contributed by atoms with van der Waals surface area (Å²) < 4.78 is 0. The zero-order valence-electron chi connectivity index (χ0n) is 16.6. The first kappa shape index (κ1) is 20.5. The Labute approximate surface area is 161 Å². The number of nitrogens with one attached hydrogen (secondary N) is 2. The monoisotopic (exact) mass is 367 g/mol. The van der Waals surface area contributed by atoms with Crippen LogP contribution in [0, 0.1) is 0 Å². The van der Waals surface area contributed by atoms with Crippen molar-refractivity contribution in [1.82, 2.24) is 4.90 Å². The van der Waals surface area contributed by atoms with Crippen LogP contribution in [0.5, 0.6) is 0 Å². The van der Waals surface area contributed by atoms with E-state index in [9.17, 15) is 9.59 Å². The minimum atomic E-state index is -0.100. The van der Waals surface area contributed by atoms with Gasteiger partial charge in [0.1, 0.15) is 0 Å². The van der Waals surface area contributed by atoms with Gasteiger partial charge in [0.15, 0.2) is 0 Å². The summed E-state index contributed by atoms with van der Waals surface area (Å²) in [7, 11) is 0. The van der Waals surface area contributed by atoms with E-state index in [1.807, 2.05) is 55.5 Å². The minimum Gasteiger partial charge on any atom is -0.376 e. The molecule has 2 amide bonds. The van der Waals surface area contributed by atoms with Crippen LogP contribution < -0.4 is 10.6 Å². The second-order valence-corrected chi connectivity index (χ2v) is 6.91. The molecule has 0 aromatic heterocycles. The van der Waals surface area contributed by atoms with Crippen molar-refractivity contribution in [2.24, 2.45) is 0 Å². The van der Waals surface area contributed by atoms with Gasteiger partial charge in [-0.15, -0.1) is 0 Å². The molecule has 0 atom stereocenters. The summed E-state index contributed by atoms with van der Waals surface area (Å²) in [6, 6.07) is 15.7. The Morgan fingerprint density at radius 2 is 1.74 bits per heavy atom. The Bertz CT molecular complexity index is 769. The predicted molar refractivity (Wildman–Crippen MR) is 111 cm³/mol. The molecule has 2 N–H and O–H groups in total. The van der Waals surface area contributed by atoms with Crippen molar-refractivity contribution in [2.45, 2.75) is 40.2 Å². The Hall–Kier alpha value is -2.82. The van der Waals surface area contributed by atoms with E-state index >= 15 is 0 Å². The third-order valence-corrected chi connectivity index (χ3v) is 4.44. The van der Waals surface area contributed by atoms with Gasteiger partial charge < -0.3 is 15.5 Å². The molecule has 0 saturated heterocycles. The Balaban J connectivity index is 1.89. The summed E-state index contributed by atoms with van der Waals surface area (Å²) in [6.07, 6.45) is 0. The Kier molecular flexibility index (Phi) is 7.41. The molecule has 0 unspecified atom stereocenters. The predicted octanol–water partition coefficient (Wildman–Crippen LogP) is 4.23. The summed E-state index contributed by atoms with van der Waals surface area (Å²) in [5.74, 6) is 0.422. The first-order valence-corrected chi connectivity index (χ1v) is 9.37. The average Bonchev–Trinajstić information content (AvgIpc) is 2.65. The van der Waals surface area contributed by atoms with Crippen LogP contribution in [0.2, 0.25) is 0 Å². The van der Waals surface area contributed by atoms with Crippen LogP contribution in [-0.4, -0.2) is 29.8 Å². The van der Waals surface area contributed by atoms with Crippen LogP contribution in [0.1, 0.15) is 44.7 Å². The van der Waals surface area contributed by atoms with Crippen LogP contribution in [0.25, 0.3) is 0 Å². The van der Waals surface area contributed by atoms with Crippen molar-refractivity contribution in [3.63, 3.8) is 0 Å². The molecular weight excluding hydrogens is 338 g/mol. The van der Waals surface area contributed by atoms with E-state index in [1.54, 1.807) is 11.8 Å². The van der Waals surface area contributed by atoms with Gasteiger partial charge in [-0.05, 0) is 48.2 Å². The van der Waals surface area contributed by atoms with Crippen LogP contribution in [0.3, 0.4) is 0 Å². The van der Waals surface area contributed by atoms with Gasteiger partial charge in [-0.2, -0.15) is 0 Å². The van der Waals surface area contributed by atoms with E-state index in [4.69, 9.17) is 0 Å². The fourth-order valence-corrected chi connectivity index (χ4v) is 2.78. The summed E-state index contributed by atoms with van der Waals surface area (Å²) >= 11 is 0. The van der Waals surface area contributed by atoms with Crippen molar-refractivity contribution in [3.8, 4) is 0 Å². The van der Waals surface area contributed by atoms with E-state index in [2.05, 4.69) is 24.5 Å². The lowest BCUT2D eigenvalue weighted by molar-refractivity contribution is -0.129. The molecule has 2 aromatic carbocycles. The lowest BCUT2D eigenvalue weighted by atomic mass is 10.0. The van der Waals surface area contributed by atoms with Crippen molar-refractivity contribution >= 4 is 23.2 Å². The number of carbonyl (C=O) groups is 2. The van der Waals surface area contributed by atoms with Gasteiger partial charge in [0.2, 0.25) is 11.8 Å². The number of anilines is 2. The fourth-order valence-electron chi connectivity index (χ4n) is 2.78. The molecular formula is C22H29N3O2. The summed E-state index contributed by atoms with van der Waals surface area (Å²) in [5, 5.41) is 6.03. The third kappa shape index (κ3) is 6.44. The van der Waals surface area contributed by atoms with Crippen molar-refractivity contribution in [1.29, 1.82) is 0 Å². The van der Waals surface area contributed by atoms with Crippen LogP contribution in [-0.2, 0) is 16.1 Å². The first-order valence-electron chi connectivity index (χ1n) is 9.37. The Morgan fingerprint density at radius 1 is 1.04 bits per heavy atom. The molecule has 0 aliphatic rings. The maximum Gasteiger partial charge on any atom is 0.243 e. The van der Waals surface area contributed by atoms with Gasteiger partial charge in [-0.3, -0.25) is 9.59 Å². The molecule has 5 nitrogen and oxygen atoms in total. The SMILES string of the molecule is CCN(Cc1cccc(NCC(=O)Nc2ccc(C(C)C)cc2)c1)C(C)=O. The number of nitrogens with zero attached hydrogens (tertiary/aromatic N) is 1. The van der Waals surface area contributed by atoms with Gasteiger partial charge in [-0.25, -0.2) is 0 Å².